The molecule has 0 aliphatic rings. The molecule has 0 radical (unpaired) electrons. The Balaban J connectivity index is 2.82. The molecule has 0 aliphatic heterocycles. The largest absolute Gasteiger partial charge is 0.385 e. The molecule has 1 aromatic heterocycles. The molecule has 0 aromatic carbocycles. The van der Waals surface area contributed by atoms with Gasteiger partial charge in [-0.1, -0.05) is 0 Å². The van der Waals surface area contributed by atoms with E-state index in [0.29, 0.717) is 5.56 Å². The van der Waals surface area contributed by atoms with Crippen LogP contribution in [-0.4, -0.2) is 26.8 Å². The molecular formula is C8H12N2O2. The molecule has 0 saturated carbocycles. The lowest BCUT2D eigenvalue weighted by molar-refractivity contribution is 0.0779. The lowest BCUT2D eigenvalue weighted by Crippen LogP contribution is -2.15. The number of aromatic nitrogens is 2. The molecule has 0 aliphatic carbocycles. The van der Waals surface area contributed by atoms with Crippen molar-refractivity contribution >= 4 is 5.78 Å². The van der Waals surface area contributed by atoms with E-state index in [1.807, 2.05) is 6.92 Å². The second-order valence-corrected chi connectivity index (χ2v) is 2.62. The maximum atomic E-state index is 11.2. The Morgan fingerprint density at radius 1 is 1.83 bits per heavy atom. The van der Waals surface area contributed by atoms with Crippen LogP contribution in [0.3, 0.4) is 0 Å². The number of aryl methyl sites for hydroxylation is 1. The first kappa shape index (κ1) is 8.93. The molecule has 4 nitrogen and oxygen atoms in total. The summed E-state index contributed by atoms with van der Waals surface area (Å²) in [6.07, 6.45) is 2.16. The second kappa shape index (κ2) is 3.49. The first-order valence-corrected chi connectivity index (χ1v) is 3.90. The average molecular weight is 168 g/mol. The van der Waals surface area contributed by atoms with Crippen LogP contribution in [0.4, 0.5) is 0 Å². The normalized spacial score (nSPS) is 12.9. The zero-order valence-corrected chi connectivity index (χ0v) is 7.19. The quantitative estimate of drug-likeness (QED) is 0.667. The van der Waals surface area contributed by atoms with Crippen molar-refractivity contribution in [2.24, 2.45) is 0 Å². The van der Waals surface area contributed by atoms with Gasteiger partial charge in [0.1, 0.15) is 6.10 Å². The van der Waals surface area contributed by atoms with Crippen molar-refractivity contribution in [3.8, 4) is 0 Å². The Bertz CT molecular complexity index is 278. The van der Waals surface area contributed by atoms with Crippen LogP contribution in [0.1, 0.15) is 24.2 Å². The van der Waals surface area contributed by atoms with Crippen molar-refractivity contribution in [1.82, 2.24) is 9.78 Å². The molecule has 66 valence electrons. The van der Waals surface area contributed by atoms with Gasteiger partial charge in [0.15, 0.2) is 5.78 Å². The topological polar surface area (TPSA) is 55.1 Å². The van der Waals surface area contributed by atoms with Crippen molar-refractivity contribution < 1.29 is 9.90 Å². The van der Waals surface area contributed by atoms with Crippen LogP contribution in [0, 0.1) is 0 Å². The third-order valence-corrected chi connectivity index (χ3v) is 1.62. The van der Waals surface area contributed by atoms with E-state index >= 15 is 0 Å². The van der Waals surface area contributed by atoms with Gasteiger partial charge in [0.2, 0.25) is 0 Å². The molecule has 4 heteroatoms. The minimum absolute atomic E-state index is 0.283. The first-order chi connectivity index (χ1) is 5.65. The van der Waals surface area contributed by atoms with Crippen LogP contribution in [0.5, 0.6) is 0 Å². The lowest BCUT2D eigenvalue weighted by atomic mass is 10.1. The number of hydrogen-bond donors (Lipinski definition) is 1. The molecule has 0 bridgehead atoms. The van der Waals surface area contributed by atoms with Crippen molar-refractivity contribution in [1.29, 1.82) is 0 Å². The SMILES string of the molecule is CCn1cc(C(=O)C(C)O)cn1. The van der Waals surface area contributed by atoms with E-state index < -0.39 is 6.10 Å². The zero-order chi connectivity index (χ0) is 9.14. The summed E-state index contributed by atoms with van der Waals surface area (Å²) in [7, 11) is 0. The zero-order valence-electron chi connectivity index (χ0n) is 7.19. The number of Topliss-reactive ketones (excluding diaryl/α,β-unsaturated/α-hetero) is 1. The van der Waals surface area contributed by atoms with E-state index in [1.54, 1.807) is 10.9 Å². The Hall–Kier alpha value is -1.16. The Morgan fingerprint density at radius 2 is 2.50 bits per heavy atom. The van der Waals surface area contributed by atoms with E-state index in [4.69, 9.17) is 5.11 Å². The standard InChI is InChI=1S/C8H12N2O2/c1-3-10-5-7(4-9-10)8(12)6(2)11/h4-6,11H,3H2,1-2H3. The number of carbonyl (C=O) groups excluding carboxylic acids is 1. The van der Waals surface area contributed by atoms with Crippen molar-refractivity contribution in [3.05, 3.63) is 18.0 Å². The molecule has 0 fully saturated rings. The number of aliphatic hydroxyl groups excluding tert-OH is 1. The molecule has 1 rings (SSSR count). The molecule has 1 aromatic rings. The van der Waals surface area contributed by atoms with Crippen LogP contribution in [0.2, 0.25) is 0 Å². The highest BCUT2D eigenvalue weighted by Crippen LogP contribution is 2.02. The fourth-order valence-electron chi connectivity index (χ4n) is 0.905. The second-order valence-electron chi connectivity index (χ2n) is 2.62. The maximum Gasteiger partial charge on any atom is 0.194 e. The smallest absolute Gasteiger partial charge is 0.194 e. The first-order valence-electron chi connectivity index (χ1n) is 3.90. The van der Waals surface area contributed by atoms with Gasteiger partial charge in [0.25, 0.3) is 0 Å². The number of ketones is 1. The number of carbonyl (C=O) groups is 1. The van der Waals surface area contributed by atoms with Gasteiger partial charge < -0.3 is 5.11 Å². The van der Waals surface area contributed by atoms with Crippen LogP contribution >= 0.6 is 0 Å². The predicted molar refractivity (Wildman–Crippen MR) is 43.9 cm³/mol. The van der Waals surface area contributed by atoms with Crippen LogP contribution in [0.25, 0.3) is 0 Å². The highest BCUT2D eigenvalue weighted by molar-refractivity contribution is 5.98. The Morgan fingerprint density at radius 3 is 2.92 bits per heavy atom. The summed E-state index contributed by atoms with van der Waals surface area (Å²) < 4.78 is 1.65. The fourth-order valence-corrected chi connectivity index (χ4v) is 0.905. The summed E-state index contributed by atoms with van der Waals surface area (Å²) in [5.74, 6) is -0.283. The van der Waals surface area contributed by atoms with Crippen LogP contribution in [-0.2, 0) is 6.54 Å². The van der Waals surface area contributed by atoms with Gasteiger partial charge in [0.05, 0.1) is 11.8 Å². The van der Waals surface area contributed by atoms with Crippen LogP contribution < -0.4 is 0 Å². The van der Waals surface area contributed by atoms with E-state index in [9.17, 15) is 4.79 Å². The summed E-state index contributed by atoms with van der Waals surface area (Å²) in [6, 6.07) is 0. The van der Waals surface area contributed by atoms with Crippen molar-refractivity contribution in [3.63, 3.8) is 0 Å². The monoisotopic (exact) mass is 168 g/mol. The van der Waals surface area contributed by atoms with Gasteiger partial charge in [-0.15, -0.1) is 0 Å². The summed E-state index contributed by atoms with van der Waals surface area (Å²) in [6.45, 7) is 4.11. The van der Waals surface area contributed by atoms with Gasteiger partial charge >= 0.3 is 0 Å². The molecule has 0 saturated heterocycles. The van der Waals surface area contributed by atoms with Gasteiger partial charge in [-0.2, -0.15) is 5.10 Å². The van der Waals surface area contributed by atoms with Crippen molar-refractivity contribution in [2.45, 2.75) is 26.5 Å². The Kier molecular flexibility index (Phi) is 2.60. The minimum atomic E-state index is -0.945. The number of rotatable bonds is 3. The van der Waals surface area contributed by atoms with Gasteiger partial charge in [-0.3, -0.25) is 9.48 Å². The predicted octanol–water partition coefficient (Wildman–Crippen LogP) is 0.466. The molecule has 1 atom stereocenters. The summed E-state index contributed by atoms with van der Waals surface area (Å²) in [4.78, 5) is 11.2. The number of hydrogen-bond acceptors (Lipinski definition) is 3. The van der Waals surface area contributed by atoms with E-state index in [-0.39, 0.29) is 5.78 Å². The van der Waals surface area contributed by atoms with E-state index in [2.05, 4.69) is 5.10 Å². The van der Waals surface area contributed by atoms with E-state index in [0.717, 1.165) is 6.54 Å². The van der Waals surface area contributed by atoms with Crippen molar-refractivity contribution in [2.75, 3.05) is 0 Å². The Labute approximate surface area is 70.8 Å². The van der Waals surface area contributed by atoms with Gasteiger partial charge in [-0.25, -0.2) is 0 Å². The molecule has 0 amide bonds. The fraction of sp³-hybridized carbons (Fsp3) is 0.500. The molecule has 1 unspecified atom stereocenters. The maximum absolute atomic E-state index is 11.2. The highest BCUT2D eigenvalue weighted by Gasteiger charge is 2.13. The molecule has 1 heterocycles. The highest BCUT2D eigenvalue weighted by atomic mass is 16.3. The molecule has 1 N–H and O–H groups in total. The number of aliphatic hydroxyl groups is 1. The van der Waals surface area contributed by atoms with Gasteiger partial charge in [-0.05, 0) is 13.8 Å². The molecule has 12 heavy (non-hydrogen) atoms. The average Bonchev–Trinajstić information content (AvgIpc) is 2.50. The minimum Gasteiger partial charge on any atom is -0.385 e. The third kappa shape index (κ3) is 1.71. The summed E-state index contributed by atoms with van der Waals surface area (Å²) in [5, 5.41) is 12.9. The van der Waals surface area contributed by atoms with Gasteiger partial charge in [0, 0.05) is 12.7 Å². The lowest BCUT2D eigenvalue weighted by Gasteiger charge is -1.98. The third-order valence-electron chi connectivity index (χ3n) is 1.62. The molecule has 0 spiro atoms. The molecular weight excluding hydrogens is 156 g/mol. The van der Waals surface area contributed by atoms with E-state index in [1.165, 1.54) is 13.1 Å². The summed E-state index contributed by atoms with van der Waals surface area (Å²) in [5.41, 5.74) is 0.465. The summed E-state index contributed by atoms with van der Waals surface area (Å²) >= 11 is 0. The number of nitrogens with zero attached hydrogens (tertiary/aromatic N) is 2. The van der Waals surface area contributed by atoms with Crippen LogP contribution in [0.15, 0.2) is 12.4 Å².